The summed E-state index contributed by atoms with van der Waals surface area (Å²) in [6.07, 6.45) is 1.61. The van der Waals surface area contributed by atoms with Gasteiger partial charge in [0.25, 0.3) is 0 Å². The fourth-order valence-electron chi connectivity index (χ4n) is 2.78. The van der Waals surface area contributed by atoms with E-state index in [9.17, 15) is 0 Å². The Bertz CT molecular complexity index is 928. The molecule has 2 aromatic heterocycles. The smallest absolute Gasteiger partial charge is 0.154 e. The molecule has 1 unspecified atom stereocenters. The lowest BCUT2D eigenvalue weighted by molar-refractivity contribution is 0.875. The number of hydrogen-bond donors (Lipinski definition) is 2. The van der Waals surface area contributed by atoms with Crippen molar-refractivity contribution in [3.05, 3.63) is 66.5 Å². The molecule has 4 rings (SSSR count). The monoisotopic (exact) mass is 288 g/mol. The second-order valence-electron chi connectivity index (χ2n) is 5.39. The molecular weight excluding hydrogens is 272 g/mol. The van der Waals surface area contributed by atoms with Gasteiger partial charge in [-0.25, -0.2) is 9.97 Å². The molecule has 0 aliphatic carbocycles. The maximum Gasteiger partial charge on any atom is 0.154 e. The largest absolute Gasteiger partial charge is 0.362 e. The highest BCUT2D eigenvalue weighted by atomic mass is 15.1. The highest BCUT2D eigenvalue weighted by Crippen LogP contribution is 2.28. The minimum atomic E-state index is 0.172. The summed E-state index contributed by atoms with van der Waals surface area (Å²) in [6, 6.07) is 18.7. The molecule has 0 aliphatic heterocycles. The molecule has 1 atom stereocenters. The Labute approximate surface area is 128 Å². The normalized spacial score (nSPS) is 12.6. The van der Waals surface area contributed by atoms with Crippen LogP contribution in [0.3, 0.4) is 0 Å². The van der Waals surface area contributed by atoms with E-state index in [0.717, 1.165) is 27.8 Å². The summed E-state index contributed by atoms with van der Waals surface area (Å²) in [5, 5.41) is 4.60. The van der Waals surface area contributed by atoms with E-state index in [1.807, 2.05) is 30.3 Å². The molecule has 2 aromatic carbocycles. The van der Waals surface area contributed by atoms with E-state index in [0.29, 0.717) is 0 Å². The second-order valence-corrected chi connectivity index (χ2v) is 5.39. The fraction of sp³-hybridized carbons (Fsp3) is 0.111. The first kappa shape index (κ1) is 12.8. The fourth-order valence-corrected chi connectivity index (χ4v) is 2.78. The van der Waals surface area contributed by atoms with Crippen LogP contribution < -0.4 is 5.32 Å². The Morgan fingerprint density at radius 1 is 0.955 bits per heavy atom. The van der Waals surface area contributed by atoms with Crippen LogP contribution in [0.1, 0.15) is 18.5 Å². The molecule has 4 nitrogen and oxygen atoms in total. The highest BCUT2D eigenvalue weighted by molar-refractivity contribution is 6.07. The van der Waals surface area contributed by atoms with E-state index in [-0.39, 0.29) is 6.04 Å². The lowest BCUT2D eigenvalue weighted by atomic mass is 10.1. The van der Waals surface area contributed by atoms with Gasteiger partial charge in [0, 0.05) is 10.9 Å². The van der Waals surface area contributed by atoms with Gasteiger partial charge in [0.05, 0.1) is 6.04 Å². The molecule has 4 heteroatoms. The van der Waals surface area contributed by atoms with Crippen LogP contribution in [0, 0.1) is 0 Å². The van der Waals surface area contributed by atoms with Crippen molar-refractivity contribution in [3.63, 3.8) is 0 Å². The van der Waals surface area contributed by atoms with Crippen LogP contribution in [0.15, 0.2) is 60.9 Å². The SMILES string of the molecule is CC(Nc1ncnc2c1[nH]c1ccccc12)c1ccccc1. The first-order valence-corrected chi connectivity index (χ1v) is 7.36. The van der Waals surface area contributed by atoms with E-state index in [1.165, 1.54) is 5.56 Å². The van der Waals surface area contributed by atoms with Crippen molar-refractivity contribution in [3.8, 4) is 0 Å². The van der Waals surface area contributed by atoms with Gasteiger partial charge in [-0.1, -0.05) is 48.5 Å². The van der Waals surface area contributed by atoms with Gasteiger partial charge in [0.15, 0.2) is 5.82 Å². The van der Waals surface area contributed by atoms with Crippen LogP contribution in [-0.2, 0) is 0 Å². The summed E-state index contributed by atoms with van der Waals surface area (Å²) in [5.41, 5.74) is 4.21. The molecule has 22 heavy (non-hydrogen) atoms. The van der Waals surface area contributed by atoms with E-state index < -0.39 is 0 Å². The summed E-state index contributed by atoms with van der Waals surface area (Å²) in [7, 11) is 0. The first-order chi connectivity index (χ1) is 10.8. The molecule has 0 amide bonds. The zero-order chi connectivity index (χ0) is 14.9. The van der Waals surface area contributed by atoms with Gasteiger partial charge in [0.1, 0.15) is 17.4 Å². The van der Waals surface area contributed by atoms with Crippen LogP contribution in [0.5, 0.6) is 0 Å². The third-order valence-corrected chi connectivity index (χ3v) is 3.94. The molecule has 108 valence electrons. The average Bonchev–Trinajstić information content (AvgIpc) is 2.95. The number of benzene rings is 2. The molecule has 0 saturated carbocycles. The number of rotatable bonds is 3. The lowest BCUT2D eigenvalue weighted by Crippen LogP contribution is -2.08. The summed E-state index contributed by atoms with van der Waals surface area (Å²) in [4.78, 5) is 12.3. The van der Waals surface area contributed by atoms with Crippen molar-refractivity contribution in [1.29, 1.82) is 0 Å². The first-order valence-electron chi connectivity index (χ1n) is 7.36. The number of anilines is 1. The Morgan fingerprint density at radius 2 is 1.73 bits per heavy atom. The van der Waals surface area contributed by atoms with Gasteiger partial charge >= 0.3 is 0 Å². The van der Waals surface area contributed by atoms with E-state index in [2.05, 4.69) is 51.5 Å². The van der Waals surface area contributed by atoms with Gasteiger partial charge in [-0.05, 0) is 18.6 Å². The van der Waals surface area contributed by atoms with Crippen molar-refractivity contribution in [2.45, 2.75) is 13.0 Å². The van der Waals surface area contributed by atoms with Crippen molar-refractivity contribution in [2.75, 3.05) is 5.32 Å². The second kappa shape index (κ2) is 5.15. The van der Waals surface area contributed by atoms with Crippen LogP contribution in [0.25, 0.3) is 21.9 Å². The van der Waals surface area contributed by atoms with Crippen molar-refractivity contribution < 1.29 is 0 Å². The summed E-state index contributed by atoms with van der Waals surface area (Å²) < 4.78 is 0. The van der Waals surface area contributed by atoms with Gasteiger partial charge in [-0.2, -0.15) is 0 Å². The third kappa shape index (κ3) is 2.09. The number of para-hydroxylation sites is 1. The molecule has 0 saturated heterocycles. The number of aromatic amines is 1. The molecule has 0 fully saturated rings. The molecule has 0 spiro atoms. The molecule has 4 aromatic rings. The van der Waals surface area contributed by atoms with Crippen LogP contribution >= 0.6 is 0 Å². The Morgan fingerprint density at radius 3 is 2.59 bits per heavy atom. The van der Waals surface area contributed by atoms with E-state index in [4.69, 9.17) is 0 Å². The number of fused-ring (bicyclic) bond motifs is 3. The summed E-state index contributed by atoms with van der Waals surface area (Å²) >= 11 is 0. The predicted octanol–water partition coefficient (Wildman–Crippen LogP) is 4.28. The standard InChI is InChI=1S/C18H16N4/c1-12(13-7-3-2-4-8-13)21-18-17-16(19-11-20-18)14-9-5-6-10-15(14)22-17/h2-12,22H,1H3,(H,19,20,21). The number of nitrogens with one attached hydrogen (secondary N) is 2. The molecule has 2 heterocycles. The minimum absolute atomic E-state index is 0.172. The minimum Gasteiger partial charge on any atom is -0.362 e. The van der Waals surface area contributed by atoms with E-state index in [1.54, 1.807) is 6.33 Å². The topological polar surface area (TPSA) is 53.6 Å². The quantitative estimate of drug-likeness (QED) is 0.591. The maximum atomic E-state index is 4.43. The van der Waals surface area contributed by atoms with Gasteiger partial charge in [0.2, 0.25) is 0 Å². The number of nitrogens with zero attached hydrogens (tertiary/aromatic N) is 2. The van der Waals surface area contributed by atoms with Gasteiger partial charge < -0.3 is 10.3 Å². The van der Waals surface area contributed by atoms with Crippen molar-refractivity contribution in [1.82, 2.24) is 15.0 Å². The summed E-state index contributed by atoms with van der Waals surface area (Å²) in [5.74, 6) is 0.831. The van der Waals surface area contributed by atoms with Gasteiger partial charge in [-0.15, -0.1) is 0 Å². The Hall–Kier alpha value is -2.88. The average molecular weight is 288 g/mol. The number of hydrogen-bond acceptors (Lipinski definition) is 3. The Kier molecular flexibility index (Phi) is 3.00. The van der Waals surface area contributed by atoms with Crippen LogP contribution in [0.4, 0.5) is 5.82 Å². The van der Waals surface area contributed by atoms with Crippen LogP contribution in [-0.4, -0.2) is 15.0 Å². The molecule has 0 bridgehead atoms. The molecular formula is C18H16N4. The lowest BCUT2D eigenvalue weighted by Gasteiger charge is -2.15. The molecule has 2 N–H and O–H groups in total. The van der Waals surface area contributed by atoms with Crippen molar-refractivity contribution >= 4 is 27.8 Å². The van der Waals surface area contributed by atoms with Crippen molar-refractivity contribution in [2.24, 2.45) is 0 Å². The number of H-pyrrole nitrogens is 1. The Balaban J connectivity index is 1.79. The van der Waals surface area contributed by atoms with E-state index >= 15 is 0 Å². The van der Waals surface area contributed by atoms with Crippen LogP contribution in [0.2, 0.25) is 0 Å². The molecule has 0 aliphatic rings. The number of aromatic nitrogens is 3. The highest BCUT2D eigenvalue weighted by Gasteiger charge is 2.12. The van der Waals surface area contributed by atoms with Gasteiger partial charge in [-0.3, -0.25) is 0 Å². The zero-order valence-corrected chi connectivity index (χ0v) is 12.2. The maximum absolute atomic E-state index is 4.43. The predicted molar refractivity (Wildman–Crippen MR) is 89.9 cm³/mol. The summed E-state index contributed by atoms with van der Waals surface area (Å²) in [6.45, 7) is 2.13. The third-order valence-electron chi connectivity index (χ3n) is 3.94. The zero-order valence-electron chi connectivity index (χ0n) is 12.2. The molecule has 0 radical (unpaired) electrons.